The third-order valence-electron chi connectivity index (χ3n) is 5.47. The third-order valence-corrected chi connectivity index (χ3v) is 5.47. The summed E-state index contributed by atoms with van der Waals surface area (Å²) in [4.78, 5) is 0. The third kappa shape index (κ3) is 1.80. The second-order valence-corrected chi connectivity index (χ2v) is 6.65. The van der Waals surface area contributed by atoms with Crippen LogP contribution in [0.15, 0.2) is 30.3 Å². The SMILES string of the molecule is NCc1nn2c(-c3ccccc3)nnc2c2c1C1CCC2CC1. The Morgan fingerprint density at radius 1 is 0.957 bits per heavy atom. The van der Waals surface area contributed by atoms with E-state index in [0.717, 1.165) is 22.7 Å². The van der Waals surface area contributed by atoms with Gasteiger partial charge in [-0.25, -0.2) is 0 Å². The van der Waals surface area contributed by atoms with Crippen LogP contribution in [-0.4, -0.2) is 19.8 Å². The van der Waals surface area contributed by atoms with Gasteiger partial charge in [0.2, 0.25) is 0 Å². The van der Waals surface area contributed by atoms with Crippen LogP contribution in [0.4, 0.5) is 0 Å². The average Bonchev–Trinajstić information content (AvgIpc) is 3.06. The summed E-state index contributed by atoms with van der Waals surface area (Å²) in [7, 11) is 0. The molecule has 3 aliphatic carbocycles. The van der Waals surface area contributed by atoms with Crippen LogP contribution in [0.25, 0.3) is 17.0 Å². The number of fused-ring (bicyclic) bond motifs is 3. The molecule has 2 aromatic heterocycles. The molecule has 23 heavy (non-hydrogen) atoms. The van der Waals surface area contributed by atoms with Crippen LogP contribution in [0.1, 0.15) is 54.3 Å². The van der Waals surface area contributed by atoms with E-state index in [9.17, 15) is 0 Å². The van der Waals surface area contributed by atoms with Crippen LogP contribution >= 0.6 is 0 Å². The summed E-state index contributed by atoms with van der Waals surface area (Å²) in [5.74, 6) is 2.01. The minimum absolute atomic E-state index is 0.480. The standard InChI is InChI=1S/C18H19N5/c19-10-14-15-11-6-8-12(9-7-11)16(15)18-21-20-17(23(18)22-14)13-4-2-1-3-5-13/h1-5,11-12H,6-10,19H2. The Hall–Kier alpha value is -2.27. The first kappa shape index (κ1) is 13.2. The largest absolute Gasteiger partial charge is 0.325 e. The highest BCUT2D eigenvalue weighted by atomic mass is 15.4. The topological polar surface area (TPSA) is 69.1 Å². The smallest absolute Gasteiger partial charge is 0.185 e. The summed E-state index contributed by atoms with van der Waals surface area (Å²) in [6.07, 6.45) is 5.05. The Bertz CT molecular complexity index is 875. The van der Waals surface area contributed by atoms with Crippen molar-refractivity contribution in [3.8, 4) is 11.4 Å². The highest BCUT2D eigenvalue weighted by Crippen LogP contribution is 2.51. The summed E-state index contributed by atoms with van der Waals surface area (Å²) < 4.78 is 1.91. The van der Waals surface area contributed by atoms with Gasteiger partial charge in [-0.1, -0.05) is 30.3 Å². The molecule has 0 amide bonds. The lowest BCUT2D eigenvalue weighted by atomic mass is 9.67. The Labute approximate surface area is 134 Å². The van der Waals surface area contributed by atoms with E-state index in [-0.39, 0.29) is 0 Å². The molecular weight excluding hydrogens is 286 g/mol. The Balaban J connectivity index is 1.82. The van der Waals surface area contributed by atoms with E-state index in [0.29, 0.717) is 18.4 Å². The zero-order valence-corrected chi connectivity index (χ0v) is 12.9. The van der Waals surface area contributed by atoms with Gasteiger partial charge in [-0.15, -0.1) is 10.2 Å². The van der Waals surface area contributed by atoms with Gasteiger partial charge in [0, 0.05) is 17.7 Å². The van der Waals surface area contributed by atoms with E-state index in [1.807, 2.05) is 34.8 Å². The molecule has 5 heteroatoms. The van der Waals surface area contributed by atoms with Gasteiger partial charge in [0.05, 0.1) is 5.69 Å². The van der Waals surface area contributed by atoms with Gasteiger partial charge in [0.15, 0.2) is 11.5 Å². The van der Waals surface area contributed by atoms with Crippen LogP contribution in [0, 0.1) is 0 Å². The minimum atomic E-state index is 0.480. The predicted octanol–water partition coefficient (Wildman–Crippen LogP) is 3.00. The fourth-order valence-corrected chi connectivity index (χ4v) is 4.44. The summed E-state index contributed by atoms with van der Waals surface area (Å²) in [5.41, 5.74) is 11.8. The maximum Gasteiger partial charge on any atom is 0.185 e. The van der Waals surface area contributed by atoms with Crippen molar-refractivity contribution < 1.29 is 0 Å². The second kappa shape index (κ2) is 4.86. The summed E-state index contributed by atoms with van der Waals surface area (Å²) >= 11 is 0. The average molecular weight is 305 g/mol. The fraction of sp³-hybridized carbons (Fsp3) is 0.389. The van der Waals surface area contributed by atoms with E-state index in [2.05, 4.69) is 10.2 Å². The lowest BCUT2D eigenvalue weighted by molar-refractivity contribution is 0.355. The van der Waals surface area contributed by atoms with Crippen LogP contribution in [-0.2, 0) is 6.54 Å². The van der Waals surface area contributed by atoms with E-state index in [4.69, 9.17) is 10.8 Å². The van der Waals surface area contributed by atoms with E-state index < -0.39 is 0 Å². The van der Waals surface area contributed by atoms with E-state index >= 15 is 0 Å². The van der Waals surface area contributed by atoms with Gasteiger partial charge in [-0.05, 0) is 43.1 Å². The highest BCUT2D eigenvalue weighted by Gasteiger charge is 2.37. The number of hydrogen-bond donors (Lipinski definition) is 1. The molecule has 0 spiro atoms. The van der Waals surface area contributed by atoms with Gasteiger partial charge in [-0.2, -0.15) is 9.61 Å². The first-order valence-corrected chi connectivity index (χ1v) is 8.40. The lowest BCUT2D eigenvalue weighted by Gasteiger charge is -2.38. The second-order valence-electron chi connectivity index (χ2n) is 6.65. The molecule has 0 unspecified atom stereocenters. The van der Waals surface area contributed by atoms with Gasteiger partial charge in [0.1, 0.15) is 0 Å². The van der Waals surface area contributed by atoms with Crippen molar-refractivity contribution in [3.63, 3.8) is 0 Å². The molecule has 2 heterocycles. The summed E-state index contributed by atoms with van der Waals surface area (Å²) in [5, 5.41) is 13.8. The van der Waals surface area contributed by atoms with E-state index in [1.54, 1.807) is 0 Å². The molecule has 1 fully saturated rings. The zero-order chi connectivity index (χ0) is 15.4. The van der Waals surface area contributed by atoms with Crippen molar-refractivity contribution in [2.75, 3.05) is 0 Å². The first-order chi connectivity index (χ1) is 11.4. The number of hydrogen-bond acceptors (Lipinski definition) is 4. The Morgan fingerprint density at radius 3 is 2.35 bits per heavy atom. The van der Waals surface area contributed by atoms with Crippen LogP contribution in [0.3, 0.4) is 0 Å². The van der Waals surface area contributed by atoms with Gasteiger partial charge >= 0.3 is 0 Å². The van der Waals surface area contributed by atoms with Crippen LogP contribution < -0.4 is 5.73 Å². The molecule has 3 aromatic rings. The molecule has 1 saturated carbocycles. The Morgan fingerprint density at radius 2 is 1.65 bits per heavy atom. The predicted molar refractivity (Wildman–Crippen MR) is 88.1 cm³/mol. The molecule has 0 aliphatic heterocycles. The molecule has 2 N–H and O–H groups in total. The maximum atomic E-state index is 6.04. The number of benzene rings is 1. The van der Waals surface area contributed by atoms with Crippen molar-refractivity contribution in [3.05, 3.63) is 47.2 Å². The molecule has 116 valence electrons. The van der Waals surface area contributed by atoms with Crippen molar-refractivity contribution in [1.29, 1.82) is 0 Å². The maximum absolute atomic E-state index is 6.04. The number of aromatic nitrogens is 4. The normalized spacial score (nSPS) is 22.5. The Kier molecular flexibility index (Phi) is 2.79. The summed E-state index contributed by atoms with van der Waals surface area (Å²) in [6, 6.07) is 10.1. The molecule has 6 rings (SSSR count). The van der Waals surface area contributed by atoms with Gasteiger partial charge < -0.3 is 5.73 Å². The van der Waals surface area contributed by atoms with Crippen molar-refractivity contribution >= 4 is 5.65 Å². The zero-order valence-electron chi connectivity index (χ0n) is 12.9. The molecule has 1 aromatic carbocycles. The number of rotatable bonds is 2. The fourth-order valence-electron chi connectivity index (χ4n) is 4.44. The van der Waals surface area contributed by atoms with Crippen molar-refractivity contribution in [2.45, 2.75) is 44.1 Å². The van der Waals surface area contributed by atoms with Crippen LogP contribution in [0.5, 0.6) is 0 Å². The minimum Gasteiger partial charge on any atom is -0.325 e. The van der Waals surface area contributed by atoms with E-state index in [1.165, 1.54) is 36.8 Å². The monoisotopic (exact) mass is 305 g/mol. The van der Waals surface area contributed by atoms with Crippen molar-refractivity contribution in [2.24, 2.45) is 5.73 Å². The molecule has 2 bridgehead atoms. The highest BCUT2D eigenvalue weighted by molar-refractivity contribution is 5.64. The van der Waals surface area contributed by atoms with Crippen molar-refractivity contribution in [1.82, 2.24) is 19.8 Å². The molecule has 0 radical (unpaired) electrons. The lowest BCUT2D eigenvalue weighted by Crippen LogP contribution is -2.26. The van der Waals surface area contributed by atoms with Gasteiger partial charge in [0.25, 0.3) is 0 Å². The molecular formula is C18H19N5. The molecule has 0 atom stereocenters. The quantitative estimate of drug-likeness (QED) is 0.790. The molecule has 5 nitrogen and oxygen atoms in total. The molecule has 0 saturated heterocycles. The van der Waals surface area contributed by atoms with Crippen LogP contribution in [0.2, 0.25) is 0 Å². The first-order valence-electron chi connectivity index (χ1n) is 8.40. The number of nitrogens with two attached hydrogens (primary N) is 1. The number of nitrogens with zero attached hydrogens (tertiary/aromatic N) is 4. The molecule has 3 aliphatic rings. The van der Waals surface area contributed by atoms with Gasteiger partial charge in [-0.3, -0.25) is 0 Å². The summed E-state index contributed by atoms with van der Waals surface area (Å²) in [6.45, 7) is 0.480.